The molecule has 6 heteroatoms. The van der Waals surface area contributed by atoms with Gasteiger partial charge >= 0.3 is 0 Å². The fourth-order valence-electron chi connectivity index (χ4n) is 3.65. The zero-order valence-corrected chi connectivity index (χ0v) is 16.0. The maximum absolute atomic E-state index is 6.32. The molecule has 4 aromatic rings. The van der Waals surface area contributed by atoms with Gasteiger partial charge in [0, 0.05) is 11.1 Å². The van der Waals surface area contributed by atoms with Gasteiger partial charge in [0.1, 0.15) is 17.0 Å². The number of hydrogen-bond acceptors (Lipinski definition) is 5. The fraction of sp³-hybridized carbons (Fsp3) is 0.273. The molecule has 0 radical (unpaired) electrons. The summed E-state index contributed by atoms with van der Waals surface area (Å²) in [6.45, 7) is 4.53. The van der Waals surface area contributed by atoms with E-state index in [1.54, 1.807) is 0 Å². The molecule has 0 aliphatic heterocycles. The summed E-state index contributed by atoms with van der Waals surface area (Å²) < 4.78 is 13.5. The van der Waals surface area contributed by atoms with E-state index in [1.165, 1.54) is 0 Å². The van der Waals surface area contributed by atoms with E-state index < -0.39 is 0 Å². The number of nitrogens with two attached hydrogens (primary N) is 1. The SMILES string of the molecule is Cc1noc(C)c1-c1cc(N)c2ncn(Cc3ccccc3OC3CC3)c2c1. The van der Waals surface area contributed by atoms with Crippen molar-refractivity contribution >= 4 is 16.7 Å². The molecule has 1 aliphatic carbocycles. The first-order chi connectivity index (χ1) is 13.6. The lowest BCUT2D eigenvalue weighted by Crippen LogP contribution is -2.04. The number of benzene rings is 2. The van der Waals surface area contributed by atoms with E-state index in [-0.39, 0.29) is 0 Å². The van der Waals surface area contributed by atoms with Gasteiger partial charge in [-0.2, -0.15) is 0 Å². The average molecular weight is 374 g/mol. The first kappa shape index (κ1) is 16.9. The highest BCUT2D eigenvalue weighted by Crippen LogP contribution is 2.34. The molecule has 6 nitrogen and oxygen atoms in total. The summed E-state index contributed by atoms with van der Waals surface area (Å²) in [5, 5.41) is 4.07. The Morgan fingerprint density at radius 2 is 2.04 bits per heavy atom. The number of fused-ring (bicyclic) bond motifs is 1. The van der Waals surface area contributed by atoms with Gasteiger partial charge in [-0.1, -0.05) is 23.4 Å². The number of para-hydroxylation sites is 1. The first-order valence-electron chi connectivity index (χ1n) is 9.52. The quantitative estimate of drug-likeness (QED) is 0.521. The van der Waals surface area contributed by atoms with E-state index in [1.807, 2.05) is 44.4 Å². The highest BCUT2D eigenvalue weighted by Gasteiger charge is 2.24. The summed E-state index contributed by atoms with van der Waals surface area (Å²) in [5.41, 5.74) is 12.7. The lowest BCUT2D eigenvalue weighted by Gasteiger charge is -2.12. The number of aryl methyl sites for hydroxylation is 2. The van der Waals surface area contributed by atoms with E-state index >= 15 is 0 Å². The summed E-state index contributed by atoms with van der Waals surface area (Å²) in [4.78, 5) is 4.54. The molecule has 1 aliphatic rings. The van der Waals surface area contributed by atoms with Crippen molar-refractivity contribution in [3.05, 3.63) is 59.7 Å². The molecule has 0 spiro atoms. The Bertz CT molecular complexity index is 1150. The third-order valence-electron chi connectivity index (χ3n) is 5.21. The minimum atomic E-state index is 0.363. The van der Waals surface area contributed by atoms with Crippen molar-refractivity contribution in [3.63, 3.8) is 0 Å². The van der Waals surface area contributed by atoms with E-state index in [9.17, 15) is 0 Å². The second-order valence-electron chi connectivity index (χ2n) is 7.43. The standard InChI is InChI=1S/C22H22N4O2/c1-13-21(14(2)28-25-13)16-9-18(23)22-19(10-16)26(12-24-22)11-15-5-3-4-6-20(15)27-17-7-8-17/h3-6,9-10,12,17H,7-8,11,23H2,1-2H3. The van der Waals surface area contributed by atoms with E-state index in [0.29, 0.717) is 18.3 Å². The number of nitrogens with zero attached hydrogens (tertiary/aromatic N) is 3. The van der Waals surface area contributed by atoms with Gasteiger partial charge in [-0.15, -0.1) is 0 Å². The second-order valence-corrected chi connectivity index (χ2v) is 7.43. The van der Waals surface area contributed by atoms with Crippen LogP contribution in [-0.2, 0) is 6.54 Å². The van der Waals surface area contributed by atoms with Crippen LogP contribution in [0.1, 0.15) is 29.9 Å². The second kappa shape index (κ2) is 6.41. The highest BCUT2D eigenvalue weighted by molar-refractivity contribution is 5.92. The lowest BCUT2D eigenvalue weighted by atomic mass is 10.0. The zero-order chi connectivity index (χ0) is 19.3. The monoisotopic (exact) mass is 374 g/mol. The van der Waals surface area contributed by atoms with Crippen LogP contribution in [0.4, 0.5) is 5.69 Å². The Kier molecular flexibility index (Phi) is 3.86. The molecular weight excluding hydrogens is 352 g/mol. The highest BCUT2D eigenvalue weighted by atomic mass is 16.5. The van der Waals surface area contributed by atoms with Crippen LogP contribution in [0.25, 0.3) is 22.2 Å². The Labute approximate surface area is 162 Å². The van der Waals surface area contributed by atoms with Crippen molar-refractivity contribution < 1.29 is 9.26 Å². The van der Waals surface area contributed by atoms with Crippen LogP contribution in [0.5, 0.6) is 5.75 Å². The van der Waals surface area contributed by atoms with Crippen LogP contribution in [0.15, 0.2) is 47.2 Å². The zero-order valence-electron chi connectivity index (χ0n) is 16.0. The Hall–Kier alpha value is -3.28. The fourth-order valence-corrected chi connectivity index (χ4v) is 3.65. The Morgan fingerprint density at radius 3 is 2.79 bits per heavy atom. The van der Waals surface area contributed by atoms with Gasteiger partial charge in [0.25, 0.3) is 0 Å². The number of rotatable bonds is 5. The van der Waals surface area contributed by atoms with Crippen molar-refractivity contribution in [2.45, 2.75) is 39.3 Å². The van der Waals surface area contributed by atoms with Gasteiger partial charge < -0.3 is 19.6 Å². The predicted molar refractivity (Wildman–Crippen MR) is 108 cm³/mol. The number of aromatic nitrogens is 3. The summed E-state index contributed by atoms with van der Waals surface area (Å²) in [6, 6.07) is 12.2. The molecule has 0 bridgehead atoms. The molecular formula is C22H22N4O2. The molecule has 2 aromatic carbocycles. The van der Waals surface area contributed by atoms with Crippen LogP contribution >= 0.6 is 0 Å². The minimum absolute atomic E-state index is 0.363. The molecule has 1 fully saturated rings. The lowest BCUT2D eigenvalue weighted by molar-refractivity contribution is 0.299. The predicted octanol–water partition coefficient (Wildman–Crippen LogP) is 4.48. The van der Waals surface area contributed by atoms with Gasteiger partial charge in [-0.05, 0) is 50.5 Å². The molecule has 0 saturated heterocycles. The van der Waals surface area contributed by atoms with Crippen LogP contribution in [0, 0.1) is 13.8 Å². The number of imidazole rings is 1. The number of ether oxygens (including phenoxy) is 1. The number of hydrogen-bond donors (Lipinski definition) is 1. The van der Waals surface area contributed by atoms with Crippen LogP contribution in [-0.4, -0.2) is 20.8 Å². The summed E-state index contributed by atoms with van der Waals surface area (Å²) in [6.07, 6.45) is 4.48. The van der Waals surface area contributed by atoms with Crippen molar-refractivity contribution in [1.29, 1.82) is 0 Å². The van der Waals surface area contributed by atoms with Gasteiger partial charge in [0.2, 0.25) is 0 Å². The average Bonchev–Trinajstić information content (AvgIpc) is 3.31. The molecule has 5 rings (SSSR count). The van der Waals surface area contributed by atoms with Crippen molar-refractivity contribution in [1.82, 2.24) is 14.7 Å². The largest absolute Gasteiger partial charge is 0.490 e. The molecule has 0 atom stereocenters. The van der Waals surface area contributed by atoms with Crippen LogP contribution in [0.3, 0.4) is 0 Å². The third-order valence-corrected chi connectivity index (χ3v) is 5.21. The minimum Gasteiger partial charge on any atom is -0.490 e. The van der Waals surface area contributed by atoms with Crippen molar-refractivity contribution in [2.75, 3.05) is 5.73 Å². The van der Waals surface area contributed by atoms with Gasteiger partial charge in [0.15, 0.2) is 0 Å². The van der Waals surface area contributed by atoms with Crippen molar-refractivity contribution in [3.8, 4) is 16.9 Å². The van der Waals surface area contributed by atoms with E-state index in [4.69, 9.17) is 15.0 Å². The molecule has 142 valence electrons. The maximum Gasteiger partial charge on any atom is 0.141 e. The smallest absolute Gasteiger partial charge is 0.141 e. The van der Waals surface area contributed by atoms with E-state index in [2.05, 4.69) is 26.8 Å². The summed E-state index contributed by atoms with van der Waals surface area (Å²) in [7, 11) is 0. The normalized spacial score (nSPS) is 13.9. The first-order valence-corrected chi connectivity index (χ1v) is 9.52. The molecule has 0 amide bonds. The van der Waals surface area contributed by atoms with E-state index in [0.717, 1.165) is 57.8 Å². The Balaban J connectivity index is 1.58. The maximum atomic E-state index is 6.32. The van der Waals surface area contributed by atoms with Gasteiger partial charge in [0.05, 0.1) is 35.9 Å². The summed E-state index contributed by atoms with van der Waals surface area (Å²) >= 11 is 0. The topological polar surface area (TPSA) is 79.1 Å². The molecule has 2 aromatic heterocycles. The molecule has 2 heterocycles. The third kappa shape index (κ3) is 2.91. The molecule has 2 N–H and O–H groups in total. The summed E-state index contributed by atoms with van der Waals surface area (Å²) in [5.74, 6) is 1.73. The molecule has 1 saturated carbocycles. The van der Waals surface area contributed by atoms with Gasteiger partial charge in [-0.25, -0.2) is 4.98 Å². The number of anilines is 1. The van der Waals surface area contributed by atoms with Gasteiger partial charge in [-0.3, -0.25) is 0 Å². The number of nitrogen functional groups attached to an aromatic ring is 1. The molecule has 0 unspecified atom stereocenters. The van der Waals surface area contributed by atoms with Crippen LogP contribution < -0.4 is 10.5 Å². The van der Waals surface area contributed by atoms with Crippen molar-refractivity contribution in [2.24, 2.45) is 0 Å². The van der Waals surface area contributed by atoms with Crippen LogP contribution in [0.2, 0.25) is 0 Å². The Morgan fingerprint density at radius 1 is 1.21 bits per heavy atom. The molecule has 28 heavy (non-hydrogen) atoms.